The largest absolute Gasteiger partial charge is 0.457 e. The molecule has 1 unspecified atom stereocenters. The summed E-state index contributed by atoms with van der Waals surface area (Å²) in [5.41, 5.74) is -1.69. The maximum Gasteiger partial charge on any atom is 0.449 e. The molecule has 0 aromatic rings. The van der Waals surface area contributed by atoms with Gasteiger partial charge in [-0.15, -0.1) is 0 Å². The molecule has 0 rings (SSSR count). The molecule has 0 N–H and O–H groups in total. The van der Waals surface area contributed by atoms with Gasteiger partial charge in [0, 0.05) is 6.42 Å². The van der Waals surface area contributed by atoms with Gasteiger partial charge in [0.1, 0.15) is 11.7 Å². The topological polar surface area (TPSA) is 114 Å². The minimum Gasteiger partial charge on any atom is -0.457 e. The highest BCUT2D eigenvalue weighted by atomic mass is 17.2. The second kappa shape index (κ2) is 10.6. The van der Waals surface area contributed by atoms with Gasteiger partial charge >= 0.3 is 23.9 Å². The van der Waals surface area contributed by atoms with Crippen molar-refractivity contribution in [2.24, 2.45) is 10.8 Å². The van der Waals surface area contributed by atoms with Gasteiger partial charge in [0.15, 0.2) is 0 Å². The highest BCUT2D eigenvalue weighted by molar-refractivity contribution is 6.30. The van der Waals surface area contributed by atoms with Crippen LogP contribution in [0.15, 0.2) is 0 Å². The Morgan fingerprint density at radius 1 is 0.690 bits per heavy atom. The molecule has 0 aliphatic carbocycles. The number of hydrogen-bond donors (Lipinski definition) is 0. The lowest BCUT2D eigenvalue weighted by Crippen LogP contribution is -2.35. The molecule has 0 aromatic carbocycles. The molecule has 0 fully saturated rings. The Morgan fingerprint density at radius 3 is 1.52 bits per heavy atom. The Kier molecular flexibility index (Phi) is 9.78. The van der Waals surface area contributed by atoms with Gasteiger partial charge in [0.25, 0.3) is 0 Å². The number of carbonyl (C=O) groups excluding carboxylic acids is 4. The highest BCUT2D eigenvalue weighted by Gasteiger charge is 2.31. The Balaban J connectivity index is 4.44. The Morgan fingerprint density at radius 2 is 1.10 bits per heavy atom. The summed E-state index contributed by atoms with van der Waals surface area (Å²) in [6, 6.07) is 0. The van der Waals surface area contributed by atoms with Crippen molar-refractivity contribution in [1.29, 1.82) is 0 Å². The first-order valence-corrected chi connectivity index (χ1v) is 9.36. The minimum atomic E-state index is -1.29. The first-order valence-electron chi connectivity index (χ1n) is 9.36. The molecule has 168 valence electrons. The molecule has 0 aliphatic heterocycles. The average molecular weight is 418 g/mol. The summed E-state index contributed by atoms with van der Waals surface area (Å²) in [6.45, 7) is 15.9. The lowest BCUT2D eigenvalue weighted by molar-refractivity contribution is -0.327. The highest BCUT2D eigenvalue weighted by Crippen LogP contribution is 2.20. The van der Waals surface area contributed by atoms with E-state index in [4.69, 9.17) is 19.1 Å². The molecule has 1 atom stereocenters. The zero-order chi connectivity index (χ0) is 23.0. The quantitative estimate of drug-likeness (QED) is 0.202. The van der Waals surface area contributed by atoms with Crippen molar-refractivity contribution in [3.63, 3.8) is 0 Å². The molecule has 0 aromatic heterocycles. The van der Waals surface area contributed by atoms with Crippen molar-refractivity contribution >= 4 is 23.9 Å². The van der Waals surface area contributed by atoms with Crippen LogP contribution in [-0.4, -0.2) is 48.8 Å². The predicted molar refractivity (Wildman–Crippen MR) is 102 cm³/mol. The third-order valence-corrected chi connectivity index (χ3v) is 3.04. The first-order chi connectivity index (χ1) is 12.9. The average Bonchev–Trinajstić information content (AvgIpc) is 2.53. The number of hydrogen-bond acceptors (Lipinski definition) is 9. The van der Waals surface area contributed by atoms with E-state index in [2.05, 4.69) is 4.89 Å². The second-order valence-electron chi connectivity index (χ2n) is 9.91. The Bertz CT molecular complexity index is 594. The third-order valence-electron chi connectivity index (χ3n) is 3.04. The van der Waals surface area contributed by atoms with E-state index in [0.717, 1.165) is 0 Å². The summed E-state index contributed by atoms with van der Waals surface area (Å²) >= 11 is 0. The summed E-state index contributed by atoms with van der Waals surface area (Å²) in [5, 5.41) is 0. The van der Waals surface area contributed by atoms with Gasteiger partial charge in [-0.1, -0.05) is 41.5 Å². The van der Waals surface area contributed by atoms with Crippen LogP contribution >= 0.6 is 0 Å². The van der Waals surface area contributed by atoms with Crippen LogP contribution in [-0.2, 0) is 43.2 Å². The first kappa shape index (κ1) is 26.8. The zero-order valence-corrected chi connectivity index (χ0v) is 18.9. The minimum absolute atomic E-state index is 0.0443. The third kappa shape index (κ3) is 13.6. The van der Waals surface area contributed by atoms with Crippen LogP contribution in [0, 0.1) is 10.8 Å². The molecular formula is C20H34O9. The van der Waals surface area contributed by atoms with Gasteiger partial charge in [-0.25, -0.2) is 19.2 Å². The molecule has 9 heteroatoms. The molecule has 0 radical (unpaired) electrons. The van der Waals surface area contributed by atoms with Gasteiger partial charge in [0.2, 0.25) is 0 Å². The SMILES string of the molecule is CC(CC(C)(C)OOC(=O)C(=O)OCC(C)(C)C)OC(=O)C(=O)OCC(C)(C)C. The molecule has 0 saturated carbocycles. The van der Waals surface area contributed by atoms with E-state index < -0.39 is 35.6 Å². The van der Waals surface area contributed by atoms with Crippen molar-refractivity contribution in [3.8, 4) is 0 Å². The van der Waals surface area contributed by atoms with Gasteiger partial charge in [0.05, 0.1) is 13.2 Å². The van der Waals surface area contributed by atoms with E-state index in [1.807, 2.05) is 41.5 Å². The molecule has 29 heavy (non-hydrogen) atoms. The van der Waals surface area contributed by atoms with E-state index in [-0.39, 0.29) is 30.5 Å². The summed E-state index contributed by atoms with van der Waals surface area (Å²) in [6.07, 6.45) is -0.665. The monoisotopic (exact) mass is 418 g/mol. The van der Waals surface area contributed by atoms with Gasteiger partial charge < -0.3 is 14.2 Å². The van der Waals surface area contributed by atoms with Crippen molar-refractivity contribution in [1.82, 2.24) is 0 Å². The maximum absolute atomic E-state index is 11.8. The Labute approximate surface area is 172 Å². The fourth-order valence-corrected chi connectivity index (χ4v) is 1.87. The summed E-state index contributed by atoms with van der Waals surface area (Å²) < 4.78 is 14.7. The van der Waals surface area contributed by atoms with Gasteiger partial charge in [-0.05, 0) is 31.6 Å². The lowest BCUT2D eigenvalue weighted by atomic mass is 9.99. The number of carbonyl (C=O) groups is 4. The van der Waals surface area contributed by atoms with E-state index in [9.17, 15) is 19.2 Å². The van der Waals surface area contributed by atoms with Crippen molar-refractivity contribution in [3.05, 3.63) is 0 Å². The van der Waals surface area contributed by atoms with Crippen LogP contribution in [0.2, 0.25) is 0 Å². The van der Waals surface area contributed by atoms with Crippen molar-refractivity contribution in [2.45, 2.75) is 80.4 Å². The van der Waals surface area contributed by atoms with E-state index in [0.29, 0.717) is 0 Å². The van der Waals surface area contributed by atoms with Crippen LogP contribution in [0.3, 0.4) is 0 Å². The molecule has 9 nitrogen and oxygen atoms in total. The molecular weight excluding hydrogens is 384 g/mol. The Hall–Kier alpha value is -2.16. The van der Waals surface area contributed by atoms with Gasteiger partial charge in [-0.2, -0.15) is 4.89 Å². The summed E-state index contributed by atoms with van der Waals surface area (Å²) in [4.78, 5) is 56.2. The number of ether oxygens (including phenoxy) is 3. The smallest absolute Gasteiger partial charge is 0.449 e. The van der Waals surface area contributed by atoms with E-state index >= 15 is 0 Å². The number of esters is 3. The second-order valence-corrected chi connectivity index (χ2v) is 9.91. The fourth-order valence-electron chi connectivity index (χ4n) is 1.87. The lowest BCUT2D eigenvalue weighted by Gasteiger charge is -2.25. The maximum atomic E-state index is 11.8. The van der Waals surface area contributed by atoms with E-state index in [1.165, 1.54) is 0 Å². The van der Waals surface area contributed by atoms with Gasteiger partial charge in [-0.3, -0.25) is 4.89 Å². The standard InChI is InChI=1S/C20H34O9/c1-13(27-16(23)14(21)25-11-18(2,3)4)10-20(8,9)29-28-17(24)15(22)26-12-19(5,6)7/h13H,10-12H2,1-9H3. The normalized spacial score (nSPS) is 13.3. The molecule has 0 amide bonds. The van der Waals surface area contributed by atoms with Crippen LogP contribution < -0.4 is 0 Å². The predicted octanol–water partition coefficient (Wildman–Crippen LogP) is 2.74. The summed E-state index contributed by atoms with van der Waals surface area (Å²) in [7, 11) is 0. The molecule has 0 saturated heterocycles. The van der Waals surface area contributed by atoms with Crippen LogP contribution in [0.4, 0.5) is 0 Å². The molecule has 0 aliphatic rings. The van der Waals surface area contributed by atoms with E-state index in [1.54, 1.807) is 20.8 Å². The summed E-state index contributed by atoms with van der Waals surface area (Å²) in [5.74, 6) is -4.67. The van der Waals surface area contributed by atoms with Crippen LogP contribution in [0.5, 0.6) is 0 Å². The van der Waals surface area contributed by atoms with Crippen molar-refractivity contribution < 1.29 is 43.2 Å². The number of rotatable bonds is 7. The molecule has 0 bridgehead atoms. The van der Waals surface area contributed by atoms with Crippen LogP contribution in [0.1, 0.15) is 68.7 Å². The molecule has 0 heterocycles. The van der Waals surface area contributed by atoms with Crippen LogP contribution in [0.25, 0.3) is 0 Å². The van der Waals surface area contributed by atoms with Crippen molar-refractivity contribution in [2.75, 3.05) is 13.2 Å². The molecule has 0 spiro atoms. The fraction of sp³-hybridized carbons (Fsp3) is 0.800. The zero-order valence-electron chi connectivity index (χ0n) is 18.9.